The second-order valence-electron chi connectivity index (χ2n) is 9.18. The van der Waals surface area contributed by atoms with Crippen LogP contribution in [-0.2, 0) is 17.8 Å². The Balaban J connectivity index is 1.80. The molecule has 0 saturated heterocycles. The second-order valence-corrected chi connectivity index (χ2v) is 9.18. The molecule has 204 valence electrons. The highest BCUT2D eigenvalue weighted by Gasteiger charge is 2.24. The van der Waals surface area contributed by atoms with Gasteiger partial charge in [-0.15, -0.1) is 0 Å². The number of ether oxygens (including phenoxy) is 2. The molecule has 0 aliphatic heterocycles. The first kappa shape index (κ1) is 28.8. The fourth-order valence-corrected chi connectivity index (χ4v) is 4.22. The van der Waals surface area contributed by atoms with Gasteiger partial charge >= 0.3 is 0 Å². The van der Waals surface area contributed by atoms with E-state index in [4.69, 9.17) is 13.9 Å². The molecule has 1 heterocycles. The highest BCUT2D eigenvalue weighted by atomic mass is 19.1. The minimum atomic E-state index is -0.596. The largest absolute Gasteiger partial charge is 0.493 e. The zero-order valence-corrected chi connectivity index (χ0v) is 22.7. The summed E-state index contributed by atoms with van der Waals surface area (Å²) < 4.78 is 30.9. The van der Waals surface area contributed by atoms with E-state index in [1.165, 1.54) is 17.0 Å². The number of nitrogens with zero attached hydrogens (tertiary/aromatic N) is 2. The van der Waals surface area contributed by atoms with Gasteiger partial charge in [-0.1, -0.05) is 38.0 Å². The number of benzene rings is 2. The molecular formula is C30H37FN2O5. The van der Waals surface area contributed by atoms with Crippen LogP contribution in [0.3, 0.4) is 0 Å². The molecule has 38 heavy (non-hydrogen) atoms. The number of carbonyl (C=O) groups excluding carboxylic acids is 2. The van der Waals surface area contributed by atoms with E-state index in [2.05, 4.69) is 6.92 Å². The predicted octanol–water partition coefficient (Wildman–Crippen LogP) is 5.65. The number of amides is 2. The molecule has 3 rings (SSSR count). The maximum Gasteiger partial charge on any atom is 0.257 e. The first-order valence-corrected chi connectivity index (χ1v) is 12.9. The van der Waals surface area contributed by atoms with Gasteiger partial charge in [-0.3, -0.25) is 9.59 Å². The molecular weight excluding hydrogens is 487 g/mol. The van der Waals surface area contributed by atoms with Crippen LogP contribution < -0.4 is 9.47 Å². The molecule has 0 atom stereocenters. The number of halogens is 1. The molecule has 0 saturated carbocycles. The molecule has 2 aromatic carbocycles. The van der Waals surface area contributed by atoms with Crippen LogP contribution >= 0.6 is 0 Å². The normalized spacial score (nSPS) is 10.8. The number of methoxy groups -OCH3 is 2. The van der Waals surface area contributed by atoms with Crippen molar-refractivity contribution < 1.29 is 27.9 Å². The number of carbonyl (C=O) groups is 2. The summed E-state index contributed by atoms with van der Waals surface area (Å²) in [4.78, 5) is 30.0. The lowest BCUT2D eigenvalue weighted by molar-refractivity contribution is -0.132. The Morgan fingerprint density at radius 1 is 0.921 bits per heavy atom. The lowest BCUT2D eigenvalue weighted by Crippen LogP contribution is -2.44. The number of hydrogen-bond acceptors (Lipinski definition) is 5. The zero-order valence-electron chi connectivity index (χ0n) is 22.7. The molecule has 0 bridgehead atoms. The highest BCUT2D eigenvalue weighted by molar-refractivity contribution is 5.96. The average molecular weight is 525 g/mol. The van der Waals surface area contributed by atoms with Crippen molar-refractivity contribution >= 4 is 11.8 Å². The molecule has 7 nitrogen and oxygen atoms in total. The van der Waals surface area contributed by atoms with Crippen LogP contribution in [0.2, 0.25) is 0 Å². The third kappa shape index (κ3) is 7.84. The molecule has 0 fully saturated rings. The van der Waals surface area contributed by atoms with Crippen molar-refractivity contribution in [3.8, 4) is 11.5 Å². The molecule has 1 aromatic heterocycles. The van der Waals surface area contributed by atoms with Crippen molar-refractivity contribution in [1.29, 1.82) is 0 Å². The number of unbranched alkanes of at least 4 members (excludes halogenated alkanes) is 2. The second kappa shape index (κ2) is 14.2. The van der Waals surface area contributed by atoms with Crippen LogP contribution in [0.15, 0.2) is 59.0 Å². The molecule has 3 aromatic rings. The summed E-state index contributed by atoms with van der Waals surface area (Å²) in [7, 11) is 3.16. The van der Waals surface area contributed by atoms with E-state index < -0.39 is 11.7 Å². The number of rotatable bonds is 14. The van der Waals surface area contributed by atoms with E-state index in [9.17, 15) is 14.0 Å². The summed E-state index contributed by atoms with van der Waals surface area (Å²) >= 11 is 0. The Kier molecular flexibility index (Phi) is 10.8. The molecule has 0 N–H and O–H groups in total. The topological polar surface area (TPSA) is 72.2 Å². The van der Waals surface area contributed by atoms with Crippen molar-refractivity contribution in [1.82, 2.24) is 9.80 Å². The van der Waals surface area contributed by atoms with Gasteiger partial charge < -0.3 is 23.7 Å². The Labute approximate surface area is 224 Å². The van der Waals surface area contributed by atoms with Crippen molar-refractivity contribution in [3.63, 3.8) is 0 Å². The minimum Gasteiger partial charge on any atom is -0.493 e. The van der Waals surface area contributed by atoms with E-state index in [0.717, 1.165) is 30.6 Å². The number of furan rings is 1. The van der Waals surface area contributed by atoms with E-state index in [1.807, 2.05) is 37.3 Å². The lowest BCUT2D eigenvalue weighted by atomic mass is 10.1. The summed E-state index contributed by atoms with van der Waals surface area (Å²) in [5.41, 5.74) is 0.939. The van der Waals surface area contributed by atoms with Gasteiger partial charge in [-0.05, 0) is 61.7 Å². The van der Waals surface area contributed by atoms with Gasteiger partial charge in [0.15, 0.2) is 11.5 Å². The van der Waals surface area contributed by atoms with Crippen LogP contribution in [0.4, 0.5) is 4.39 Å². The molecule has 2 amide bonds. The summed E-state index contributed by atoms with van der Waals surface area (Å²) in [5, 5.41) is 0. The Hall–Kier alpha value is -3.81. The zero-order chi connectivity index (χ0) is 27.5. The smallest absolute Gasteiger partial charge is 0.257 e. The van der Waals surface area contributed by atoms with Crippen LogP contribution in [0.1, 0.15) is 53.6 Å². The highest BCUT2D eigenvalue weighted by Crippen LogP contribution is 2.28. The summed E-state index contributed by atoms with van der Waals surface area (Å²) in [5.74, 6) is 1.33. The van der Waals surface area contributed by atoms with E-state index in [-0.39, 0.29) is 24.6 Å². The Morgan fingerprint density at radius 2 is 1.68 bits per heavy atom. The first-order chi connectivity index (χ1) is 18.4. The quantitative estimate of drug-likeness (QED) is 0.255. The minimum absolute atomic E-state index is 0.0321. The van der Waals surface area contributed by atoms with Gasteiger partial charge in [0, 0.05) is 13.1 Å². The first-order valence-electron chi connectivity index (χ1n) is 12.9. The number of aryl methyl sites for hydroxylation is 1. The van der Waals surface area contributed by atoms with Gasteiger partial charge in [0.05, 0.1) is 26.3 Å². The Morgan fingerprint density at radius 3 is 2.34 bits per heavy atom. The van der Waals surface area contributed by atoms with Crippen molar-refractivity contribution in [2.45, 2.75) is 46.1 Å². The van der Waals surface area contributed by atoms with Crippen LogP contribution in [-0.4, -0.2) is 55.5 Å². The van der Waals surface area contributed by atoms with Crippen molar-refractivity contribution in [2.75, 3.05) is 33.9 Å². The van der Waals surface area contributed by atoms with Crippen molar-refractivity contribution in [3.05, 3.63) is 83.1 Å². The van der Waals surface area contributed by atoms with Gasteiger partial charge in [-0.25, -0.2) is 4.39 Å². The monoisotopic (exact) mass is 524 g/mol. The third-order valence-corrected chi connectivity index (χ3v) is 6.36. The summed E-state index contributed by atoms with van der Waals surface area (Å²) in [6.07, 6.45) is 3.16. The van der Waals surface area contributed by atoms with Gasteiger partial charge in [0.2, 0.25) is 5.91 Å². The SMILES string of the molecule is CCCCCN(CC(=O)N(CCc1ccc(OC)c(OC)c1)Cc1ccc(C)o1)C(=O)c1ccccc1F. The molecule has 0 unspecified atom stereocenters. The molecule has 0 radical (unpaired) electrons. The fraction of sp³-hybridized carbons (Fsp3) is 0.400. The van der Waals surface area contributed by atoms with Gasteiger partial charge in [0.25, 0.3) is 5.91 Å². The standard InChI is InChI=1S/C30H37FN2O5/c1-5-6-9-17-33(30(35)25-10-7-8-11-26(25)31)21-29(34)32(20-24-14-12-22(2)38-24)18-16-23-13-15-27(36-3)28(19-23)37-4/h7-8,10-15,19H,5-6,9,16-18,20-21H2,1-4H3. The van der Waals surface area contributed by atoms with Crippen molar-refractivity contribution in [2.24, 2.45) is 0 Å². The molecule has 0 aliphatic rings. The lowest BCUT2D eigenvalue weighted by Gasteiger charge is -2.28. The Bertz CT molecular complexity index is 1210. The van der Waals surface area contributed by atoms with E-state index >= 15 is 0 Å². The van der Waals surface area contributed by atoms with Crippen LogP contribution in [0.5, 0.6) is 11.5 Å². The maximum absolute atomic E-state index is 14.4. The fourth-order valence-electron chi connectivity index (χ4n) is 4.22. The summed E-state index contributed by atoms with van der Waals surface area (Å²) in [6, 6.07) is 15.2. The molecule has 8 heteroatoms. The van der Waals surface area contributed by atoms with Crippen LogP contribution in [0, 0.1) is 12.7 Å². The van der Waals surface area contributed by atoms with E-state index in [1.54, 1.807) is 31.3 Å². The molecule has 0 aliphatic carbocycles. The predicted molar refractivity (Wildman–Crippen MR) is 144 cm³/mol. The maximum atomic E-state index is 14.4. The third-order valence-electron chi connectivity index (χ3n) is 6.36. The average Bonchev–Trinajstić information content (AvgIpc) is 3.34. The molecule has 0 spiro atoms. The van der Waals surface area contributed by atoms with Gasteiger partial charge in [-0.2, -0.15) is 0 Å². The number of hydrogen-bond donors (Lipinski definition) is 0. The summed E-state index contributed by atoms with van der Waals surface area (Å²) in [6.45, 7) is 4.79. The van der Waals surface area contributed by atoms with Crippen LogP contribution in [0.25, 0.3) is 0 Å². The van der Waals surface area contributed by atoms with Gasteiger partial charge in [0.1, 0.15) is 23.9 Å². The van der Waals surface area contributed by atoms with E-state index in [0.29, 0.717) is 36.8 Å².